The molecule has 1 aromatic heterocycles. The molecule has 0 saturated heterocycles. The minimum Gasteiger partial charge on any atom is -0.464 e. The number of hydrogen-bond acceptors (Lipinski definition) is 3. The van der Waals surface area contributed by atoms with Crippen molar-refractivity contribution < 1.29 is 14.3 Å². The number of carbonyl (C=O) groups excluding carboxylic acids is 1. The second-order valence-electron chi connectivity index (χ2n) is 2.10. The van der Waals surface area contributed by atoms with Crippen molar-refractivity contribution in [1.82, 2.24) is 0 Å². The van der Waals surface area contributed by atoms with Crippen molar-refractivity contribution in [3.63, 3.8) is 0 Å². The highest BCUT2D eigenvalue weighted by atomic mass is 35.5. The van der Waals surface area contributed by atoms with Crippen LogP contribution in [0, 0.1) is 0 Å². The third-order valence-electron chi connectivity index (χ3n) is 1.41. The highest BCUT2D eigenvalue weighted by molar-refractivity contribution is 6.31. The lowest BCUT2D eigenvalue weighted by atomic mass is 10.3. The van der Waals surface area contributed by atoms with Crippen LogP contribution in [0.4, 0.5) is 0 Å². The predicted octanol–water partition coefficient (Wildman–Crippen LogP) is 3.54. The van der Waals surface area contributed by atoms with Crippen LogP contribution in [0.1, 0.15) is 13.8 Å². The third kappa shape index (κ3) is 5.53. The summed E-state index contributed by atoms with van der Waals surface area (Å²) in [6, 6.07) is 7.44. The Morgan fingerprint density at radius 1 is 1.19 bits per heavy atom. The van der Waals surface area contributed by atoms with Gasteiger partial charge in [-0.2, -0.15) is 0 Å². The summed E-state index contributed by atoms with van der Waals surface area (Å²) in [5.74, 6) is 0. The maximum Gasteiger partial charge on any atom is 0.133 e. The fourth-order valence-electron chi connectivity index (χ4n) is 0.938. The Bertz CT molecular complexity index is 371. The number of rotatable bonds is 0. The van der Waals surface area contributed by atoms with Crippen LogP contribution < -0.4 is 0 Å². The molecule has 3 nitrogen and oxygen atoms in total. The molecule has 0 saturated carbocycles. The standard InChI is InChI=1S/C8H5ClO.C2H6.CH4O.CH2O/c9-7-1-2-8-6(5-7)3-4-10-8;3*1-2/h1-5H;1-2H3;2H,1H3;1H2. The molecule has 1 heterocycles. The second kappa shape index (κ2) is 11.8. The summed E-state index contributed by atoms with van der Waals surface area (Å²) >= 11 is 5.73. The number of furan rings is 1. The average molecular weight is 245 g/mol. The van der Waals surface area contributed by atoms with Gasteiger partial charge in [-0.05, 0) is 24.3 Å². The van der Waals surface area contributed by atoms with Gasteiger partial charge in [-0.1, -0.05) is 25.4 Å². The van der Waals surface area contributed by atoms with Crippen LogP contribution in [-0.2, 0) is 4.79 Å². The van der Waals surface area contributed by atoms with Gasteiger partial charge in [-0.3, -0.25) is 0 Å². The molecule has 0 spiro atoms. The number of aliphatic hydroxyl groups excluding tert-OH is 1. The molecule has 0 aliphatic rings. The molecule has 1 N–H and O–H groups in total. The molecule has 2 aromatic rings. The lowest BCUT2D eigenvalue weighted by Crippen LogP contribution is -1.62. The van der Waals surface area contributed by atoms with Gasteiger partial charge in [0.05, 0.1) is 6.26 Å². The first-order chi connectivity index (χ1) is 7.86. The molecule has 0 aliphatic heterocycles. The predicted molar refractivity (Wildman–Crippen MR) is 67.8 cm³/mol. The molecule has 90 valence electrons. The van der Waals surface area contributed by atoms with E-state index in [0.717, 1.165) is 23.1 Å². The van der Waals surface area contributed by atoms with Gasteiger partial charge in [0.25, 0.3) is 0 Å². The maximum absolute atomic E-state index is 8.00. The topological polar surface area (TPSA) is 50.4 Å². The molecule has 0 unspecified atom stereocenters. The third-order valence-corrected chi connectivity index (χ3v) is 1.65. The monoisotopic (exact) mass is 244 g/mol. The summed E-state index contributed by atoms with van der Waals surface area (Å²) < 4.78 is 5.11. The van der Waals surface area contributed by atoms with Crippen LogP contribution in [0.15, 0.2) is 34.9 Å². The smallest absolute Gasteiger partial charge is 0.133 e. The Hall–Kier alpha value is -1.32. The molecule has 2 rings (SSSR count). The first-order valence-corrected chi connectivity index (χ1v) is 5.10. The van der Waals surface area contributed by atoms with Crippen molar-refractivity contribution in [2.45, 2.75) is 13.8 Å². The van der Waals surface area contributed by atoms with E-state index in [0.29, 0.717) is 0 Å². The van der Waals surface area contributed by atoms with E-state index in [-0.39, 0.29) is 0 Å². The van der Waals surface area contributed by atoms with E-state index in [9.17, 15) is 0 Å². The van der Waals surface area contributed by atoms with Gasteiger partial charge in [0.2, 0.25) is 0 Å². The number of aliphatic hydroxyl groups is 1. The molecule has 0 atom stereocenters. The lowest BCUT2D eigenvalue weighted by Gasteiger charge is -1.87. The van der Waals surface area contributed by atoms with Gasteiger partial charge >= 0.3 is 0 Å². The number of halogens is 1. The SMILES string of the molecule is C=O.CC.CO.Clc1ccc2occc2c1. The minimum absolute atomic E-state index is 0.744. The van der Waals surface area contributed by atoms with E-state index in [1.54, 1.807) is 6.26 Å². The van der Waals surface area contributed by atoms with Gasteiger partial charge in [0.15, 0.2) is 0 Å². The Kier molecular flexibility index (Phi) is 12.6. The van der Waals surface area contributed by atoms with E-state index >= 15 is 0 Å². The highest BCUT2D eigenvalue weighted by Crippen LogP contribution is 2.19. The fraction of sp³-hybridized carbons (Fsp3) is 0.250. The normalized spacial score (nSPS) is 7.56. The minimum atomic E-state index is 0.744. The summed E-state index contributed by atoms with van der Waals surface area (Å²) in [5, 5.41) is 8.79. The van der Waals surface area contributed by atoms with E-state index in [4.69, 9.17) is 25.9 Å². The Labute approximate surface area is 101 Å². The molecule has 0 aliphatic carbocycles. The lowest BCUT2D eigenvalue weighted by molar-refractivity contribution is -0.0979. The highest BCUT2D eigenvalue weighted by Gasteiger charge is 1.94. The number of fused-ring (bicyclic) bond motifs is 1. The molecule has 4 heteroatoms. The van der Waals surface area contributed by atoms with Crippen LogP contribution in [0.25, 0.3) is 11.0 Å². The van der Waals surface area contributed by atoms with E-state index < -0.39 is 0 Å². The molecule has 0 amide bonds. The summed E-state index contributed by atoms with van der Waals surface area (Å²) in [7, 11) is 1.00. The zero-order valence-corrected chi connectivity index (χ0v) is 10.5. The summed E-state index contributed by atoms with van der Waals surface area (Å²) in [6.45, 7) is 6.00. The van der Waals surface area contributed by atoms with Crippen molar-refractivity contribution in [3.8, 4) is 0 Å². The molecule has 16 heavy (non-hydrogen) atoms. The number of carbonyl (C=O) groups is 1. The number of benzene rings is 1. The summed E-state index contributed by atoms with van der Waals surface area (Å²) in [6.07, 6.45) is 1.65. The van der Waals surface area contributed by atoms with Gasteiger partial charge in [-0.25, -0.2) is 0 Å². The van der Waals surface area contributed by atoms with Crippen molar-refractivity contribution in [1.29, 1.82) is 0 Å². The van der Waals surface area contributed by atoms with Crippen molar-refractivity contribution in [2.24, 2.45) is 0 Å². The molecular formula is C12H17ClO3. The van der Waals surface area contributed by atoms with Crippen LogP contribution in [-0.4, -0.2) is 19.0 Å². The maximum atomic E-state index is 8.00. The van der Waals surface area contributed by atoms with Gasteiger partial charge in [0, 0.05) is 17.5 Å². The molecule has 0 fully saturated rings. The van der Waals surface area contributed by atoms with E-state index in [1.165, 1.54) is 0 Å². The average Bonchev–Trinajstić information content (AvgIpc) is 2.84. The molecular weight excluding hydrogens is 228 g/mol. The molecule has 1 aromatic carbocycles. The summed E-state index contributed by atoms with van der Waals surface area (Å²) in [4.78, 5) is 8.00. The van der Waals surface area contributed by atoms with Gasteiger partial charge in [-0.15, -0.1) is 0 Å². The largest absolute Gasteiger partial charge is 0.464 e. The van der Waals surface area contributed by atoms with Crippen LogP contribution in [0.3, 0.4) is 0 Å². The first-order valence-electron chi connectivity index (χ1n) is 4.72. The quantitative estimate of drug-likeness (QED) is 0.771. The second-order valence-corrected chi connectivity index (χ2v) is 2.54. The zero-order chi connectivity index (χ0) is 13.0. The Balaban J connectivity index is 0. The van der Waals surface area contributed by atoms with Gasteiger partial charge in [0.1, 0.15) is 12.4 Å². The first kappa shape index (κ1) is 17.1. The summed E-state index contributed by atoms with van der Waals surface area (Å²) in [5.41, 5.74) is 0.879. The van der Waals surface area contributed by atoms with Crippen LogP contribution in [0.5, 0.6) is 0 Å². The van der Waals surface area contributed by atoms with Crippen molar-refractivity contribution >= 4 is 29.4 Å². The molecule has 0 radical (unpaired) electrons. The van der Waals surface area contributed by atoms with Crippen LogP contribution in [0.2, 0.25) is 5.02 Å². The van der Waals surface area contributed by atoms with Crippen LogP contribution >= 0.6 is 11.6 Å². The Morgan fingerprint density at radius 3 is 2.31 bits per heavy atom. The van der Waals surface area contributed by atoms with Gasteiger partial charge < -0.3 is 14.3 Å². The van der Waals surface area contributed by atoms with E-state index in [2.05, 4.69) is 0 Å². The van der Waals surface area contributed by atoms with E-state index in [1.807, 2.05) is 44.9 Å². The van der Waals surface area contributed by atoms with Crippen molar-refractivity contribution in [3.05, 3.63) is 35.6 Å². The fourth-order valence-corrected chi connectivity index (χ4v) is 1.12. The Morgan fingerprint density at radius 2 is 1.75 bits per heavy atom. The molecule has 0 bridgehead atoms. The number of hydrogen-bond donors (Lipinski definition) is 1. The van der Waals surface area contributed by atoms with Crippen molar-refractivity contribution in [2.75, 3.05) is 7.11 Å². The zero-order valence-electron chi connectivity index (χ0n) is 9.74.